The molecule has 1 N–H and O–H groups in total. The van der Waals surface area contributed by atoms with Gasteiger partial charge in [0.15, 0.2) is 5.69 Å². The molecule has 1 rings (SSSR count). The Labute approximate surface area is 117 Å². The summed E-state index contributed by atoms with van der Waals surface area (Å²) in [7, 11) is 0. The Kier molecular flexibility index (Phi) is 5.56. The standard InChI is InChI=1S/C11H13F3N2O5/c1-3-19-6(17)5-15-10-16-8(11(12,13)14)7(21-10)9(18)20-4-2/h3-5H2,1-2H3,(H,15,16). The number of rotatable bonds is 6. The minimum absolute atomic E-state index is 0.119. The van der Waals surface area contributed by atoms with E-state index >= 15 is 0 Å². The van der Waals surface area contributed by atoms with Gasteiger partial charge in [-0.2, -0.15) is 18.2 Å². The number of hydrogen-bond donors (Lipinski definition) is 1. The third-order valence-electron chi connectivity index (χ3n) is 2.05. The molecule has 0 unspecified atom stereocenters. The molecule has 118 valence electrons. The van der Waals surface area contributed by atoms with Gasteiger partial charge in [-0.25, -0.2) is 4.79 Å². The highest BCUT2D eigenvalue weighted by atomic mass is 19.4. The van der Waals surface area contributed by atoms with E-state index in [-0.39, 0.29) is 13.2 Å². The van der Waals surface area contributed by atoms with E-state index in [4.69, 9.17) is 0 Å². The molecule has 1 aromatic rings. The van der Waals surface area contributed by atoms with E-state index in [1.165, 1.54) is 6.92 Å². The number of anilines is 1. The summed E-state index contributed by atoms with van der Waals surface area (Å²) in [6.07, 6.45) is -4.89. The number of carbonyl (C=O) groups excluding carboxylic acids is 2. The summed E-state index contributed by atoms with van der Waals surface area (Å²) in [6.45, 7) is 2.55. The molecule has 0 aliphatic carbocycles. The fourth-order valence-corrected chi connectivity index (χ4v) is 1.28. The lowest BCUT2D eigenvalue weighted by Gasteiger charge is -2.03. The molecule has 7 nitrogen and oxygen atoms in total. The number of hydrogen-bond acceptors (Lipinski definition) is 7. The topological polar surface area (TPSA) is 90.7 Å². The van der Waals surface area contributed by atoms with Gasteiger partial charge < -0.3 is 19.2 Å². The molecule has 21 heavy (non-hydrogen) atoms. The molecule has 0 spiro atoms. The monoisotopic (exact) mass is 310 g/mol. The largest absolute Gasteiger partial charge is 0.465 e. The Balaban J connectivity index is 2.93. The van der Waals surface area contributed by atoms with Gasteiger partial charge in [-0.3, -0.25) is 4.79 Å². The van der Waals surface area contributed by atoms with Crippen LogP contribution in [0.5, 0.6) is 0 Å². The van der Waals surface area contributed by atoms with E-state index < -0.39 is 42.1 Å². The summed E-state index contributed by atoms with van der Waals surface area (Å²) in [4.78, 5) is 25.6. The van der Waals surface area contributed by atoms with Crippen LogP contribution in [0.4, 0.5) is 19.2 Å². The molecule has 0 atom stereocenters. The summed E-state index contributed by atoms with van der Waals surface area (Å²) in [6, 6.07) is -0.626. The second-order valence-corrected chi connectivity index (χ2v) is 3.57. The smallest absolute Gasteiger partial charge is 0.437 e. The molecule has 10 heteroatoms. The maximum Gasteiger partial charge on any atom is 0.437 e. The number of nitrogens with zero attached hydrogens (tertiary/aromatic N) is 1. The zero-order valence-electron chi connectivity index (χ0n) is 11.2. The van der Waals surface area contributed by atoms with Crippen molar-refractivity contribution in [1.82, 2.24) is 4.98 Å². The van der Waals surface area contributed by atoms with Gasteiger partial charge in [-0.15, -0.1) is 0 Å². The number of halogens is 3. The van der Waals surface area contributed by atoms with Crippen LogP contribution in [-0.4, -0.2) is 36.7 Å². The van der Waals surface area contributed by atoms with Crippen LogP contribution in [0, 0.1) is 0 Å². The molecule has 0 aliphatic heterocycles. The molecule has 0 bridgehead atoms. The number of nitrogens with one attached hydrogen (secondary N) is 1. The Hall–Kier alpha value is -2.26. The van der Waals surface area contributed by atoms with Crippen LogP contribution in [0.2, 0.25) is 0 Å². The number of aromatic nitrogens is 1. The second-order valence-electron chi connectivity index (χ2n) is 3.57. The van der Waals surface area contributed by atoms with Gasteiger partial charge in [-0.1, -0.05) is 0 Å². The van der Waals surface area contributed by atoms with Gasteiger partial charge in [-0.05, 0) is 13.8 Å². The highest BCUT2D eigenvalue weighted by molar-refractivity contribution is 5.88. The Morgan fingerprint density at radius 3 is 2.38 bits per heavy atom. The van der Waals surface area contributed by atoms with Gasteiger partial charge in [0.2, 0.25) is 5.76 Å². The van der Waals surface area contributed by atoms with Crippen molar-refractivity contribution in [3.05, 3.63) is 11.5 Å². The summed E-state index contributed by atoms with van der Waals surface area (Å²) < 4.78 is 51.9. The predicted molar refractivity (Wildman–Crippen MR) is 62.6 cm³/mol. The van der Waals surface area contributed by atoms with Gasteiger partial charge in [0.25, 0.3) is 6.01 Å². The first-order chi connectivity index (χ1) is 9.79. The van der Waals surface area contributed by atoms with E-state index in [1.54, 1.807) is 6.92 Å². The van der Waals surface area contributed by atoms with Gasteiger partial charge in [0, 0.05) is 0 Å². The third kappa shape index (κ3) is 4.65. The summed E-state index contributed by atoms with van der Waals surface area (Å²) in [5.41, 5.74) is -1.52. The van der Waals surface area contributed by atoms with Crippen molar-refractivity contribution < 1.29 is 36.7 Å². The molecular weight excluding hydrogens is 297 g/mol. The highest BCUT2D eigenvalue weighted by Crippen LogP contribution is 2.33. The lowest BCUT2D eigenvalue weighted by atomic mass is 10.3. The summed E-state index contributed by atoms with van der Waals surface area (Å²) in [5.74, 6) is -3.07. The number of esters is 2. The Morgan fingerprint density at radius 1 is 1.24 bits per heavy atom. The van der Waals surface area contributed by atoms with Crippen molar-refractivity contribution in [2.45, 2.75) is 20.0 Å². The Morgan fingerprint density at radius 2 is 1.86 bits per heavy atom. The molecule has 0 radical (unpaired) electrons. The minimum Gasteiger partial charge on any atom is -0.465 e. The van der Waals surface area contributed by atoms with Crippen LogP contribution in [0.3, 0.4) is 0 Å². The quantitative estimate of drug-likeness (QED) is 0.802. The van der Waals surface area contributed by atoms with Crippen LogP contribution in [-0.2, 0) is 20.4 Å². The van der Waals surface area contributed by atoms with E-state index in [9.17, 15) is 22.8 Å². The molecule has 0 saturated carbocycles. The van der Waals surface area contributed by atoms with Crippen molar-refractivity contribution in [1.29, 1.82) is 0 Å². The van der Waals surface area contributed by atoms with Crippen molar-refractivity contribution in [3.8, 4) is 0 Å². The van der Waals surface area contributed by atoms with Crippen molar-refractivity contribution in [2.24, 2.45) is 0 Å². The lowest BCUT2D eigenvalue weighted by Crippen LogP contribution is -2.17. The van der Waals surface area contributed by atoms with Crippen LogP contribution in [0.25, 0.3) is 0 Å². The third-order valence-corrected chi connectivity index (χ3v) is 2.05. The van der Waals surface area contributed by atoms with Crippen molar-refractivity contribution in [2.75, 3.05) is 25.1 Å². The first-order valence-corrected chi connectivity index (χ1v) is 5.94. The van der Waals surface area contributed by atoms with Gasteiger partial charge >= 0.3 is 18.1 Å². The predicted octanol–water partition coefficient (Wildman–Crippen LogP) is 1.85. The fourth-order valence-electron chi connectivity index (χ4n) is 1.28. The summed E-state index contributed by atoms with van der Waals surface area (Å²) in [5, 5.41) is 2.20. The highest BCUT2D eigenvalue weighted by Gasteiger charge is 2.41. The van der Waals surface area contributed by atoms with Crippen molar-refractivity contribution >= 4 is 18.0 Å². The molecule has 0 fully saturated rings. The second kappa shape index (κ2) is 6.95. The summed E-state index contributed by atoms with van der Waals surface area (Å²) >= 11 is 0. The van der Waals surface area contributed by atoms with Crippen LogP contribution in [0.1, 0.15) is 30.1 Å². The SMILES string of the molecule is CCOC(=O)CNc1nc(C(F)(F)F)c(C(=O)OCC)o1. The van der Waals surface area contributed by atoms with E-state index in [1.807, 2.05) is 0 Å². The average molecular weight is 310 g/mol. The van der Waals surface area contributed by atoms with Crippen LogP contribution >= 0.6 is 0 Å². The molecule has 0 aromatic carbocycles. The van der Waals surface area contributed by atoms with Crippen molar-refractivity contribution in [3.63, 3.8) is 0 Å². The molecular formula is C11H13F3N2O5. The first kappa shape index (κ1) is 16.8. The number of oxazole rings is 1. The molecule has 1 aromatic heterocycles. The van der Waals surface area contributed by atoms with Crippen LogP contribution in [0.15, 0.2) is 4.42 Å². The van der Waals surface area contributed by atoms with E-state index in [0.717, 1.165) is 0 Å². The zero-order valence-corrected chi connectivity index (χ0v) is 11.2. The Bertz CT molecular complexity index is 512. The van der Waals surface area contributed by atoms with Crippen LogP contribution < -0.4 is 5.32 Å². The van der Waals surface area contributed by atoms with Gasteiger partial charge in [0.05, 0.1) is 13.2 Å². The van der Waals surface area contributed by atoms with E-state index in [2.05, 4.69) is 24.2 Å². The normalized spacial score (nSPS) is 11.1. The maximum atomic E-state index is 12.7. The van der Waals surface area contributed by atoms with E-state index in [0.29, 0.717) is 0 Å². The van der Waals surface area contributed by atoms with Gasteiger partial charge in [0.1, 0.15) is 6.54 Å². The number of carbonyl (C=O) groups is 2. The fraction of sp³-hybridized carbons (Fsp3) is 0.545. The number of alkyl halides is 3. The maximum absolute atomic E-state index is 12.7. The first-order valence-electron chi connectivity index (χ1n) is 5.94. The average Bonchev–Trinajstić information content (AvgIpc) is 2.81. The number of ether oxygens (including phenoxy) is 2. The zero-order chi connectivity index (χ0) is 16.0. The molecule has 0 aliphatic rings. The molecule has 0 amide bonds. The minimum atomic E-state index is -4.89. The lowest BCUT2D eigenvalue weighted by molar-refractivity contribution is -0.142. The molecule has 0 saturated heterocycles. The molecule has 1 heterocycles.